The van der Waals surface area contributed by atoms with Crippen molar-refractivity contribution in [3.05, 3.63) is 59.7 Å². The summed E-state index contributed by atoms with van der Waals surface area (Å²) in [5.74, 6) is 0.140. The molecule has 26 heavy (non-hydrogen) atoms. The third-order valence-corrected chi connectivity index (χ3v) is 3.54. The number of guanidine groups is 1. The number of rotatable bonds is 7. The predicted octanol–water partition coefficient (Wildman–Crippen LogP) is 3.93. The van der Waals surface area contributed by atoms with Crippen LogP contribution in [0.15, 0.2) is 53.5 Å². The number of hydrogen-bond donors (Lipinski definition) is 3. The van der Waals surface area contributed by atoms with Gasteiger partial charge in [0, 0.05) is 5.69 Å². The van der Waals surface area contributed by atoms with E-state index in [1.54, 1.807) is 6.07 Å². The first-order chi connectivity index (χ1) is 12.0. The van der Waals surface area contributed by atoms with Crippen LogP contribution in [0.25, 0.3) is 0 Å². The molecule has 0 fully saturated rings. The van der Waals surface area contributed by atoms with Crippen molar-refractivity contribution in [3.63, 3.8) is 0 Å². The van der Waals surface area contributed by atoms with E-state index in [0.717, 1.165) is 12.1 Å². The number of hydrogen-bond acceptors (Lipinski definition) is 3. The first-order valence-electron chi connectivity index (χ1n) is 7.86. The fourth-order valence-corrected chi connectivity index (χ4v) is 2.20. The molecular formula is C18H22F2IN3O2. The number of halogens is 3. The lowest BCUT2D eigenvalue weighted by Crippen LogP contribution is -2.23. The van der Waals surface area contributed by atoms with Gasteiger partial charge in [-0.2, -0.15) is 8.78 Å². The molecule has 1 atom stereocenters. The van der Waals surface area contributed by atoms with Gasteiger partial charge in [0.05, 0.1) is 12.6 Å². The van der Waals surface area contributed by atoms with E-state index in [9.17, 15) is 13.9 Å². The van der Waals surface area contributed by atoms with Gasteiger partial charge in [-0.3, -0.25) is 4.99 Å². The molecule has 2 aromatic rings. The second-order valence-electron chi connectivity index (χ2n) is 5.37. The van der Waals surface area contributed by atoms with Gasteiger partial charge in [-0.15, -0.1) is 24.0 Å². The third kappa shape index (κ3) is 7.12. The van der Waals surface area contributed by atoms with E-state index in [1.807, 2.05) is 24.3 Å². The molecule has 5 nitrogen and oxygen atoms in total. The SMILES string of the molecule is CCc1ccc(NC(N)=NCC(O)c2cccc(OC(F)F)c2)cc1.I. The van der Waals surface area contributed by atoms with Crippen molar-refractivity contribution in [1.29, 1.82) is 0 Å². The zero-order valence-corrected chi connectivity index (χ0v) is 16.6. The first-order valence-corrected chi connectivity index (χ1v) is 7.86. The van der Waals surface area contributed by atoms with E-state index in [-0.39, 0.29) is 42.2 Å². The fourth-order valence-electron chi connectivity index (χ4n) is 2.20. The number of alkyl halides is 2. The Bertz CT molecular complexity index is 712. The summed E-state index contributed by atoms with van der Waals surface area (Å²) in [5.41, 5.74) is 8.22. The largest absolute Gasteiger partial charge is 0.435 e. The molecule has 0 amide bonds. The van der Waals surface area contributed by atoms with Gasteiger partial charge in [-0.05, 0) is 41.8 Å². The average molecular weight is 477 g/mol. The molecule has 142 valence electrons. The van der Waals surface area contributed by atoms with Gasteiger partial charge in [0.1, 0.15) is 5.75 Å². The number of aryl methyl sites for hydroxylation is 1. The molecular weight excluding hydrogens is 455 g/mol. The van der Waals surface area contributed by atoms with E-state index in [0.29, 0.717) is 5.56 Å². The average Bonchev–Trinajstić information content (AvgIpc) is 2.60. The van der Waals surface area contributed by atoms with Gasteiger partial charge >= 0.3 is 6.61 Å². The minimum atomic E-state index is -2.91. The number of nitrogens with two attached hydrogens (primary N) is 1. The van der Waals surface area contributed by atoms with Crippen LogP contribution in [0.2, 0.25) is 0 Å². The minimum absolute atomic E-state index is 0. The van der Waals surface area contributed by atoms with E-state index < -0.39 is 12.7 Å². The minimum Gasteiger partial charge on any atom is -0.435 e. The van der Waals surface area contributed by atoms with Crippen LogP contribution in [0.5, 0.6) is 5.75 Å². The van der Waals surface area contributed by atoms with Gasteiger partial charge in [-0.1, -0.05) is 31.2 Å². The molecule has 0 aliphatic heterocycles. The normalized spacial score (nSPS) is 12.4. The highest BCUT2D eigenvalue weighted by atomic mass is 127. The lowest BCUT2D eigenvalue weighted by molar-refractivity contribution is -0.0499. The monoisotopic (exact) mass is 477 g/mol. The number of aliphatic hydroxyl groups is 1. The summed E-state index contributed by atoms with van der Waals surface area (Å²) < 4.78 is 28.8. The van der Waals surface area contributed by atoms with Crippen molar-refractivity contribution >= 4 is 35.6 Å². The number of nitrogens with one attached hydrogen (secondary N) is 1. The highest BCUT2D eigenvalue weighted by Crippen LogP contribution is 2.21. The first kappa shape index (κ1) is 22.1. The van der Waals surface area contributed by atoms with Crippen LogP contribution in [-0.2, 0) is 6.42 Å². The van der Waals surface area contributed by atoms with Crippen LogP contribution in [0, 0.1) is 0 Å². The van der Waals surface area contributed by atoms with Gasteiger partial charge < -0.3 is 20.9 Å². The molecule has 8 heteroatoms. The molecule has 0 aliphatic rings. The molecule has 2 aromatic carbocycles. The van der Waals surface area contributed by atoms with E-state index in [2.05, 4.69) is 22.0 Å². The Morgan fingerprint density at radius 1 is 1.23 bits per heavy atom. The Kier molecular flexibility index (Phi) is 9.28. The van der Waals surface area contributed by atoms with Gasteiger partial charge in [0.25, 0.3) is 0 Å². The molecule has 0 spiro atoms. The molecule has 0 aliphatic carbocycles. The quantitative estimate of drug-likeness (QED) is 0.321. The maximum atomic E-state index is 12.2. The lowest BCUT2D eigenvalue weighted by atomic mass is 10.1. The Morgan fingerprint density at radius 3 is 2.54 bits per heavy atom. The summed E-state index contributed by atoms with van der Waals surface area (Å²) in [6.45, 7) is -0.852. The summed E-state index contributed by atoms with van der Waals surface area (Å²) >= 11 is 0. The molecule has 2 rings (SSSR count). The Balaban J connectivity index is 0.00000338. The molecule has 0 saturated carbocycles. The second-order valence-corrected chi connectivity index (χ2v) is 5.37. The zero-order valence-electron chi connectivity index (χ0n) is 14.2. The standard InChI is InChI=1S/C18H21F2N3O2.HI/c1-2-12-6-8-14(9-7-12)23-18(21)22-11-16(24)13-4-3-5-15(10-13)25-17(19)20;/h3-10,16-17,24H,2,11H2,1H3,(H3,21,22,23);1H. The zero-order chi connectivity index (χ0) is 18.2. The summed E-state index contributed by atoms with van der Waals surface area (Å²) in [5, 5.41) is 13.1. The number of nitrogens with zero attached hydrogens (tertiary/aromatic N) is 1. The Labute approximate surface area is 168 Å². The number of aliphatic imine (C=N–C) groups is 1. The van der Waals surface area contributed by atoms with Crippen LogP contribution in [0.4, 0.5) is 14.5 Å². The molecule has 0 saturated heterocycles. The molecule has 4 N–H and O–H groups in total. The summed E-state index contributed by atoms with van der Waals surface area (Å²) in [6.07, 6.45) is -0.0336. The van der Waals surface area contributed by atoms with Crippen molar-refractivity contribution < 1.29 is 18.6 Å². The second kappa shape index (κ2) is 10.9. The van der Waals surface area contributed by atoms with Crippen molar-refractivity contribution in [2.24, 2.45) is 10.7 Å². The van der Waals surface area contributed by atoms with Crippen molar-refractivity contribution in [2.45, 2.75) is 26.1 Å². The smallest absolute Gasteiger partial charge is 0.387 e. The highest BCUT2D eigenvalue weighted by Gasteiger charge is 2.10. The summed E-state index contributed by atoms with van der Waals surface area (Å²) in [4.78, 5) is 4.07. The molecule has 0 radical (unpaired) electrons. The van der Waals surface area contributed by atoms with Gasteiger partial charge in [0.15, 0.2) is 5.96 Å². The topological polar surface area (TPSA) is 79.9 Å². The number of benzene rings is 2. The lowest BCUT2D eigenvalue weighted by Gasteiger charge is -2.12. The maximum absolute atomic E-state index is 12.2. The fraction of sp³-hybridized carbons (Fsp3) is 0.278. The van der Waals surface area contributed by atoms with E-state index in [4.69, 9.17) is 5.73 Å². The van der Waals surface area contributed by atoms with Crippen LogP contribution in [0.1, 0.15) is 24.2 Å². The Morgan fingerprint density at radius 2 is 1.92 bits per heavy atom. The van der Waals surface area contributed by atoms with Crippen LogP contribution >= 0.6 is 24.0 Å². The van der Waals surface area contributed by atoms with Crippen LogP contribution in [0.3, 0.4) is 0 Å². The number of ether oxygens (including phenoxy) is 1. The van der Waals surface area contributed by atoms with Crippen molar-refractivity contribution in [2.75, 3.05) is 11.9 Å². The van der Waals surface area contributed by atoms with Crippen LogP contribution < -0.4 is 15.8 Å². The predicted molar refractivity (Wildman–Crippen MR) is 109 cm³/mol. The van der Waals surface area contributed by atoms with E-state index in [1.165, 1.54) is 23.8 Å². The molecule has 1 unspecified atom stereocenters. The van der Waals surface area contributed by atoms with E-state index >= 15 is 0 Å². The maximum Gasteiger partial charge on any atom is 0.387 e. The molecule has 0 heterocycles. The molecule has 0 bridgehead atoms. The summed E-state index contributed by atoms with van der Waals surface area (Å²) in [7, 11) is 0. The third-order valence-electron chi connectivity index (χ3n) is 3.54. The highest BCUT2D eigenvalue weighted by molar-refractivity contribution is 14.0. The molecule has 0 aromatic heterocycles. The Hall–Kier alpha value is -1.94. The van der Waals surface area contributed by atoms with Crippen molar-refractivity contribution in [1.82, 2.24) is 0 Å². The number of anilines is 1. The van der Waals surface area contributed by atoms with Gasteiger partial charge in [-0.25, -0.2) is 0 Å². The summed E-state index contributed by atoms with van der Waals surface area (Å²) in [6, 6.07) is 13.6. The van der Waals surface area contributed by atoms with Crippen LogP contribution in [-0.4, -0.2) is 24.2 Å². The van der Waals surface area contributed by atoms with Gasteiger partial charge in [0.2, 0.25) is 0 Å². The van der Waals surface area contributed by atoms with Crippen molar-refractivity contribution in [3.8, 4) is 5.75 Å². The number of aliphatic hydroxyl groups excluding tert-OH is 1.